The van der Waals surface area contributed by atoms with Gasteiger partial charge < -0.3 is 50.8 Å². The van der Waals surface area contributed by atoms with Gasteiger partial charge in [-0.3, -0.25) is 48.1 Å². The third-order valence-electron chi connectivity index (χ3n) is 16.0. The van der Waals surface area contributed by atoms with Gasteiger partial charge in [0.25, 0.3) is 17.7 Å². The first-order valence-electron chi connectivity index (χ1n) is 29.5. The van der Waals surface area contributed by atoms with Gasteiger partial charge in [0, 0.05) is 142 Å². The van der Waals surface area contributed by atoms with Crippen LogP contribution in [0, 0.1) is 11.8 Å². The number of H-pyrrole nitrogens is 1. The SMILES string of the molecule is CC(C)[C@H](CCCNC(=O)CCOCCNC(=O)CCN1C(=O)C=CC1=O)C(=O)N[C@@H](CCCCC(N)=O)C(=O)Cc1ccc(C(=O)Cc2ccc3[nH]c(C(=O)N4C[C@@H](CBr)c5c4cc(OC(=O)N4CCN(C)CC4)c4ccccc54)cc3c2)cc1. The third kappa shape index (κ3) is 16.9. The summed E-state index contributed by atoms with van der Waals surface area (Å²) in [6, 6.07) is 23.0. The minimum atomic E-state index is -0.844. The van der Waals surface area contributed by atoms with E-state index in [9.17, 15) is 47.9 Å². The maximum Gasteiger partial charge on any atom is 0.415 e. The summed E-state index contributed by atoms with van der Waals surface area (Å²) in [4.78, 5) is 139. The lowest BCUT2D eigenvalue weighted by atomic mass is 9.89. The number of piperazine rings is 1. The van der Waals surface area contributed by atoms with Crippen molar-refractivity contribution in [3.8, 4) is 5.75 Å². The van der Waals surface area contributed by atoms with E-state index in [-0.39, 0.29) is 105 Å². The highest BCUT2D eigenvalue weighted by molar-refractivity contribution is 9.09. The predicted molar refractivity (Wildman–Crippen MR) is 328 cm³/mol. The Bertz CT molecular complexity index is 3350. The molecule has 6 N–H and O–H groups in total. The minimum Gasteiger partial charge on any atom is -0.409 e. The summed E-state index contributed by atoms with van der Waals surface area (Å²) >= 11 is 3.69. The van der Waals surface area contributed by atoms with Crippen LogP contribution in [-0.4, -0.2) is 163 Å². The Balaban J connectivity index is 0.816. The number of nitrogens with zero attached hydrogens (tertiary/aromatic N) is 4. The molecule has 1 saturated heterocycles. The number of aromatic amines is 1. The van der Waals surface area contributed by atoms with E-state index in [4.69, 9.17) is 15.2 Å². The zero-order valence-electron chi connectivity index (χ0n) is 49.0. The number of amides is 8. The molecular formula is C64H76BrN9O12. The number of imide groups is 1. The number of nitrogens with two attached hydrogens (primary N) is 1. The zero-order chi connectivity index (χ0) is 61.4. The van der Waals surface area contributed by atoms with E-state index in [1.54, 1.807) is 40.1 Å². The molecule has 3 aliphatic rings. The highest BCUT2D eigenvalue weighted by Gasteiger charge is 2.37. The first kappa shape index (κ1) is 63.9. The Hall–Kier alpha value is -8.08. The van der Waals surface area contributed by atoms with E-state index < -0.39 is 35.8 Å². The number of ketones is 2. The number of halogens is 1. The second-order valence-corrected chi connectivity index (χ2v) is 23.2. The van der Waals surface area contributed by atoms with Gasteiger partial charge in [0.1, 0.15) is 11.4 Å². The number of hydrogen-bond donors (Lipinski definition) is 5. The zero-order valence-corrected chi connectivity index (χ0v) is 50.5. The number of aromatic nitrogens is 1. The van der Waals surface area contributed by atoms with Gasteiger partial charge >= 0.3 is 6.09 Å². The number of primary amides is 1. The molecule has 0 saturated carbocycles. The fraction of sp³-hybridized carbons (Fsp3) is 0.438. The minimum absolute atomic E-state index is 0.0115. The smallest absolute Gasteiger partial charge is 0.409 e. The van der Waals surface area contributed by atoms with Crippen LogP contribution in [0.15, 0.2) is 91.0 Å². The molecule has 8 amide bonds. The number of alkyl halides is 1. The molecule has 8 rings (SSSR count). The third-order valence-corrected chi connectivity index (χ3v) is 16.8. The number of nitrogens with one attached hydrogen (secondary N) is 4. The van der Waals surface area contributed by atoms with Crippen LogP contribution in [-0.2, 0) is 51.1 Å². The summed E-state index contributed by atoms with van der Waals surface area (Å²) in [6.45, 7) is 7.64. The summed E-state index contributed by atoms with van der Waals surface area (Å²) < 4.78 is 11.6. The van der Waals surface area contributed by atoms with Crippen molar-refractivity contribution in [1.82, 2.24) is 35.6 Å². The highest BCUT2D eigenvalue weighted by Crippen LogP contribution is 2.46. The van der Waals surface area contributed by atoms with Crippen LogP contribution in [0.2, 0.25) is 0 Å². The Morgan fingerprint density at radius 3 is 2.16 bits per heavy atom. The van der Waals surface area contributed by atoms with E-state index in [2.05, 4.69) is 41.8 Å². The molecule has 3 aliphatic heterocycles. The van der Waals surface area contributed by atoms with Crippen molar-refractivity contribution in [3.05, 3.63) is 119 Å². The summed E-state index contributed by atoms with van der Waals surface area (Å²) in [5.41, 5.74) is 10.0. The number of unbranched alkanes of at least 4 members (excludes halogenated alkanes) is 1. The van der Waals surface area contributed by atoms with E-state index in [1.165, 1.54) is 0 Å². The number of hydrogen-bond acceptors (Lipinski definition) is 13. The molecule has 1 fully saturated rings. The summed E-state index contributed by atoms with van der Waals surface area (Å²) in [5, 5.41) is 11.6. The van der Waals surface area contributed by atoms with Crippen LogP contribution in [0.5, 0.6) is 5.75 Å². The lowest BCUT2D eigenvalue weighted by Gasteiger charge is -2.31. The average Bonchev–Trinajstić information content (AvgIpc) is 1.92. The Morgan fingerprint density at radius 1 is 0.756 bits per heavy atom. The first-order valence-corrected chi connectivity index (χ1v) is 30.6. The quantitative estimate of drug-likeness (QED) is 0.0147. The standard InChI is InChI=1S/C64H76BrN9O12/c1-40(2)46(11-8-24-67-58(79)23-31-85-32-25-68-57(78)22-26-73-59(80)20-21-60(73)81)62(82)70-50(12-6-7-13-56(66)77)54(76)34-41-14-17-43(18-15-41)53(75)35-42-16-19-49-44(33-42)36-51(69-49)63(83)74-39-45(38-65)61-48-10-5-4-9-47(48)55(37-52(61)74)86-64(84)72-29-27-71(3)28-30-72/h4-5,9-10,14-21,33,36-37,40,45-46,50,69H,6-8,11-13,22-32,34-35,38-39H2,1-3H3,(H2,66,77)(H,67,79)(H,68,78)(H,70,82)/t45-,46+,50+/m1/s1. The molecule has 86 heavy (non-hydrogen) atoms. The maximum absolute atomic E-state index is 14.5. The molecule has 4 heterocycles. The molecule has 3 atom stereocenters. The molecule has 4 aromatic carbocycles. The monoisotopic (exact) mass is 1240 g/mol. The molecule has 0 spiro atoms. The number of carbonyl (C=O) groups excluding carboxylic acids is 10. The number of fused-ring (bicyclic) bond motifs is 4. The molecular weight excluding hydrogens is 1170 g/mol. The lowest BCUT2D eigenvalue weighted by Crippen LogP contribution is -2.48. The largest absolute Gasteiger partial charge is 0.415 e. The topological polar surface area (TPSA) is 280 Å². The molecule has 21 nitrogen and oxygen atoms in total. The van der Waals surface area contributed by atoms with Gasteiger partial charge in [0.15, 0.2) is 11.6 Å². The molecule has 0 unspecified atom stereocenters. The predicted octanol–water partition coefficient (Wildman–Crippen LogP) is 6.28. The van der Waals surface area contributed by atoms with Gasteiger partial charge in [-0.2, -0.15) is 0 Å². The second kappa shape index (κ2) is 30.3. The molecule has 22 heteroatoms. The van der Waals surface area contributed by atoms with E-state index in [0.717, 1.165) is 62.9 Å². The van der Waals surface area contributed by atoms with Crippen molar-refractivity contribution in [2.45, 2.75) is 90.0 Å². The second-order valence-electron chi connectivity index (χ2n) is 22.6. The van der Waals surface area contributed by atoms with Crippen molar-refractivity contribution in [3.63, 3.8) is 0 Å². The Labute approximate surface area is 508 Å². The van der Waals surface area contributed by atoms with Gasteiger partial charge in [0.2, 0.25) is 23.6 Å². The lowest BCUT2D eigenvalue weighted by molar-refractivity contribution is -0.137. The van der Waals surface area contributed by atoms with Crippen molar-refractivity contribution < 1.29 is 57.4 Å². The number of anilines is 1. The molecule has 0 aliphatic carbocycles. The van der Waals surface area contributed by atoms with Crippen LogP contribution in [0.25, 0.3) is 21.7 Å². The van der Waals surface area contributed by atoms with Gasteiger partial charge in [-0.25, -0.2) is 4.79 Å². The molecule has 456 valence electrons. The fourth-order valence-corrected chi connectivity index (χ4v) is 11.6. The van der Waals surface area contributed by atoms with Gasteiger partial charge in [-0.1, -0.05) is 90.8 Å². The number of carbonyl (C=O) groups is 10. The molecule has 5 aromatic rings. The van der Waals surface area contributed by atoms with Crippen molar-refractivity contribution in [2.75, 3.05) is 82.8 Å². The van der Waals surface area contributed by atoms with Gasteiger partial charge in [-0.15, -0.1) is 0 Å². The van der Waals surface area contributed by atoms with E-state index >= 15 is 0 Å². The van der Waals surface area contributed by atoms with Crippen LogP contribution < -0.4 is 31.3 Å². The number of benzene rings is 4. The first-order chi connectivity index (χ1) is 41.4. The van der Waals surface area contributed by atoms with Crippen LogP contribution in [0.4, 0.5) is 10.5 Å². The van der Waals surface area contributed by atoms with Crippen molar-refractivity contribution in [1.29, 1.82) is 0 Å². The van der Waals surface area contributed by atoms with Crippen molar-refractivity contribution >= 4 is 102 Å². The van der Waals surface area contributed by atoms with Crippen LogP contribution >= 0.6 is 15.9 Å². The number of rotatable bonds is 30. The number of ether oxygens (including phenoxy) is 2. The highest BCUT2D eigenvalue weighted by atomic mass is 79.9. The number of likely N-dealkylation sites (N-methyl/N-ethyl adjacent to an activating group) is 1. The van der Waals surface area contributed by atoms with E-state index in [0.29, 0.717) is 91.9 Å². The fourth-order valence-electron chi connectivity index (χ4n) is 11.1. The molecule has 0 bridgehead atoms. The molecule has 1 aromatic heterocycles. The van der Waals surface area contributed by atoms with Gasteiger partial charge in [0.05, 0.1) is 24.9 Å². The maximum atomic E-state index is 14.5. The summed E-state index contributed by atoms with van der Waals surface area (Å²) in [6.07, 6.45) is 4.32. The normalized spacial score (nSPS) is 15.7. The Morgan fingerprint density at radius 2 is 1.45 bits per heavy atom. The number of Topliss-reactive ketones (excluding diaryl/α,β-unsaturated/α-hetero) is 2. The van der Waals surface area contributed by atoms with Crippen LogP contribution in [0.1, 0.15) is 109 Å². The average molecular weight is 1240 g/mol. The summed E-state index contributed by atoms with van der Waals surface area (Å²) in [5.74, 6) is -3.02. The van der Waals surface area contributed by atoms with Gasteiger partial charge in [-0.05, 0) is 78.9 Å². The molecule has 0 radical (unpaired) electrons. The van der Waals surface area contributed by atoms with E-state index in [1.807, 2.05) is 69.4 Å². The Kier molecular flexibility index (Phi) is 22.5. The van der Waals surface area contributed by atoms with Crippen molar-refractivity contribution in [2.24, 2.45) is 17.6 Å². The summed E-state index contributed by atoms with van der Waals surface area (Å²) in [7, 11) is 2.02. The van der Waals surface area contributed by atoms with Crippen LogP contribution in [0.3, 0.4) is 0 Å².